The van der Waals surface area contributed by atoms with E-state index in [1.165, 1.54) is 4.90 Å². The lowest BCUT2D eigenvalue weighted by Gasteiger charge is -2.32. The predicted molar refractivity (Wildman–Crippen MR) is 98.7 cm³/mol. The molecule has 2 amide bonds. The molecule has 1 aromatic carbocycles. The number of hydrogen-bond donors (Lipinski definition) is 1. The lowest BCUT2D eigenvalue weighted by atomic mass is 9.93. The van der Waals surface area contributed by atoms with Crippen LogP contribution in [0.5, 0.6) is 0 Å². The van der Waals surface area contributed by atoms with Crippen LogP contribution in [0.15, 0.2) is 30.3 Å². The first-order valence-electron chi connectivity index (χ1n) is 9.21. The summed E-state index contributed by atoms with van der Waals surface area (Å²) in [5.41, 5.74) is 1.13. The average molecular weight is 360 g/mol. The van der Waals surface area contributed by atoms with Gasteiger partial charge in [0.2, 0.25) is 11.8 Å². The van der Waals surface area contributed by atoms with Crippen molar-refractivity contribution < 1.29 is 19.5 Å². The normalized spacial score (nSPS) is 18.2. The van der Waals surface area contributed by atoms with E-state index in [0.29, 0.717) is 25.8 Å². The molecule has 2 atom stereocenters. The summed E-state index contributed by atoms with van der Waals surface area (Å²) < 4.78 is 0. The van der Waals surface area contributed by atoms with Crippen LogP contribution in [0.4, 0.5) is 0 Å². The molecule has 0 spiro atoms. The molecule has 1 heterocycles. The molecule has 6 nitrogen and oxygen atoms in total. The first kappa shape index (κ1) is 19.9. The van der Waals surface area contributed by atoms with Crippen molar-refractivity contribution in [3.8, 4) is 0 Å². The van der Waals surface area contributed by atoms with E-state index < -0.39 is 11.9 Å². The fourth-order valence-electron chi connectivity index (χ4n) is 3.39. The van der Waals surface area contributed by atoms with E-state index >= 15 is 0 Å². The van der Waals surface area contributed by atoms with Gasteiger partial charge in [-0.1, -0.05) is 37.3 Å². The molecule has 1 saturated heterocycles. The van der Waals surface area contributed by atoms with E-state index in [0.717, 1.165) is 12.0 Å². The van der Waals surface area contributed by atoms with Crippen LogP contribution in [0.1, 0.15) is 44.1 Å². The quantitative estimate of drug-likeness (QED) is 0.810. The van der Waals surface area contributed by atoms with Crippen molar-refractivity contribution >= 4 is 17.8 Å². The van der Waals surface area contributed by atoms with Gasteiger partial charge in [-0.3, -0.25) is 14.4 Å². The van der Waals surface area contributed by atoms with Crippen molar-refractivity contribution in [2.45, 2.75) is 38.5 Å². The third-order valence-corrected chi connectivity index (χ3v) is 5.11. The Morgan fingerprint density at radius 2 is 1.96 bits per heavy atom. The molecule has 0 bridgehead atoms. The van der Waals surface area contributed by atoms with Crippen molar-refractivity contribution in [3.63, 3.8) is 0 Å². The maximum absolute atomic E-state index is 12.5. The summed E-state index contributed by atoms with van der Waals surface area (Å²) in [6.45, 7) is 2.84. The highest BCUT2D eigenvalue weighted by atomic mass is 16.4. The molecular weight excluding hydrogens is 332 g/mol. The number of likely N-dealkylation sites (N-methyl/N-ethyl adjacent to an activating group) is 1. The number of likely N-dealkylation sites (tertiary alicyclic amines) is 1. The number of rotatable bonds is 7. The van der Waals surface area contributed by atoms with Gasteiger partial charge >= 0.3 is 5.97 Å². The molecule has 1 aliphatic rings. The Morgan fingerprint density at radius 3 is 2.58 bits per heavy atom. The number of aliphatic carboxylic acids is 1. The van der Waals surface area contributed by atoms with E-state index in [9.17, 15) is 14.4 Å². The van der Waals surface area contributed by atoms with Gasteiger partial charge in [0.05, 0.1) is 12.5 Å². The number of hydrogen-bond acceptors (Lipinski definition) is 3. The first-order valence-corrected chi connectivity index (χ1v) is 9.21. The predicted octanol–water partition coefficient (Wildman–Crippen LogP) is 2.35. The number of carbonyl (C=O) groups is 3. The Balaban J connectivity index is 1.89. The molecular formula is C20H28N2O4. The zero-order chi connectivity index (χ0) is 19.1. The van der Waals surface area contributed by atoms with Gasteiger partial charge in [-0.15, -0.1) is 0 Å². The van der Waals surface area contributed by atoms with Gasteiger partial charge in [-0.25, -0.2) is 0 Å². The molecule has 6 heteroatoms. The third kappa shape index (κ3) is 5.31. The number of piperidine rings is 1. The van der Waals surface area contributed by atoms with Gasteiger partial charge in [0.15, 0.2) is 0 Å². The molecule has 0 aliphatic carbocycles. The van der Waals surface area contributed by atoms with Crippen LogP contribution in [0, 0.1) is 5.92 Å². The number of nitrogens with zero attached hydrogens (tertiary/aromatic N) is 2. The average Bonchev–Trinajstić information content (AvgIpc) is 2.66. The van der Waals surface area contributed by atoms with E-state index in [4.69, 9.17) is 5.11 Å². The van der Waals surface area contributed by atoms with Crippen molar-refractivity contribution in [1.29, 1.82) is 0 Å². The van der Waals surface area contributed by atoms with Gasteiger partial charge in [0, 0.05) is 26.6 Å². The standard InChI is InChI=1S/C20H28N2O4/c1-3-15(16-8-5-4-6-9-16)12-18(23)21(2)14-19(24)22-11-7-10-17(13-22)20(25)26/h4-6,8-9,15,17H,3,7,10-14H2,1-2H3,(H,25,26). The summed E-state index contributed by atoms with van der Waals surface area (Å²) >= 11 is 0. The number of benzene rings is 1. The fourth-order valence-corrected chi connectivity index (χ4v) is 3.39. The zero-order valence-corrected chi connectivity index (χ0v) is 15.6. The van der Waals surface area contributed by atoms with Crippen molar-refractivity contribution in [1.82, 2.24) is 9.80 Å². The van der Waals surface area contributed by atoms with E-state index in [1.807, 2.05) is 30.3 Å². The number of carbonyl (C=O) groups excluding carboxylic acids is 2. The van der Waals surface area contributed by atoms with Crippen molar-refractivity contribution in [2.75, 3.05) is 26.7 Å². The molecule has 0 radical (unpaired) electrons. The topological polar surface area (TPSA) is 77.9 Å². The zero-order valence-electron chi connectivity index (χ0n) is 15.6. The Morgan fingerprint density at radius 1 is 1.27 bits per heavy atom. The van der Waals surface area contributed by atoms with Crippen LogP contribution in [0.2, 0.25) is 0 Å². The Labute approximate surface area is 154 Å². The van der Waals surface area contributed by atoms with Crippen molar-refractivity contribution in [3.05, 3.63) is 35.9 Å². The van der Waals surface area contributed by atoms with Gasteiger partial charge in [-0.05, 0) is 30.7 Å². The SMILES string of the molecule is CCC(CC(=O)N(C)CC(=O)N1CCCC(C(=O)O)C1)c1ccccc1. The Hall–Kier alpha value is -2.37. The maximum Gasteiger partial charge on any atom is 0.308 e. The number of carboxylic acids is 1. The molecule has 0 saturated carbocycles. The van der Waals surface area contributed by atoms with Gasteiger partial charge in [-0.2, -0.15) is 0 Å². The van der Waals surface area contributed by atoms with Crippen LogP contribution in [0.3, 0.4) is 0 Å². The minimum absolute atomic E-state index is 0.00358. The lowest BCUT2D eigenvalue weighted by molar-refractivity contribution is -0.147. The maximum atomic E-state index is 12.5. The summed E-state index contributed by atoms with van der Waals surface area (Å²) in [4.78, 5) is 39.1. The third-order valence-electron chi connectivity index (χ3n) is 5.11. The highest BCUT2D eigenvalue weighted by Gasteiger charge is 2.29. The lowest BCUT2D eigenvalue weighted by Crippen LogP contribution is -2.47. The van der Waals surface area contributed by atoms with Crippen LogP contribution in [0.25, 0.3) is 0 Å². The highest BCUT2D eigenvalue weighted by Crippen LogP contribution is 2.24. The van der Waals surface area contributed by atoms with Crippen LogP contribution < -0.4 is 0 Å². The molecule has 1 aliphatic heterocycles. The van der Waals surface area contributed by atoms with Gasteiger partial charge < -0.3 is 14.9 Å². The second-order valence-electron chi connectivity index (χ2n) is 6.99. The minimum Gasteiger partial charge on any atom is -0.481 e. The summed E-state index contributed by atoms with van der Waals surface area (Å²) in [6.07, 6.45) is 2.50. The molecule has 142 valence electrons. The second-order valence-corrected chi connectivity index (χ2v) is 6.99. The molecule has 1 fully saturated rings. The van der Waals surface area contributed by atoms with Crippen LogP contribution in [-0.2, 0) is 14.4 Å². The highest BCUT2D eigenvalue weighted by molar-refractivity contribution is 5.85. The van der Waals surface area contributed by atoms with Gasteiger partial charge in [0.1, 0.15) is 0 Å². The second kappa shape index (κ2) is 9.36. The van der Waals surface area contributed by atoms with E-state index in [-0.39, 0.29) is 30.8 Å². The molecule has 0 aromatic heterocycles. The molecule has 1 aromatic rings. The molecule has 26 heavy (non-hydrogen) atoms. The van der Waals surface area contributed by atoms with Crippen molar-refractivity contribution in [2.24, 2.45) is 5.92 Å². The molecule has 1 N–H and O–H groups in total. The first-order chi connectivity index (χ1) is 12.4. The number of amides is 2. The summed E-state index contributed by atoms with van der Waals surface area (Å²) in [5, 5.41) is 9.14. The van der Waals surface area contributed by atoms with Crippen LogP contribution >= 0.6 is 0 Å². The minimum atomic E-state index is -0.861. The van der Waals surface area contributed by atoms with E-state index in [1.54, 1.807) is 11.9 Å². The molecule has 2 unspecified atom stereocenters. The van der Waals surface area contributed by atoms with Crippen LogP contribution in [-0.4, -0.2) is 59.4 Å². The largest absolute Gasteiger partial charge is 0.481 e. The Bertz CT molecular complexity index is 632. The van der Waals surface area contributed by atoms with Gasteiger partial charge in [0.25, 0.3) is 0 Å². The van der Waals surface area contributed by atoms with E-state index in [2.05, 4.69) is 6.92 Å². The monoisotopic (exact) mass is 360 g/mol. The summed E-state index contributed by atoms with van der Waals surface area (Å²) in [6, 6.07) is 9.92. The summed E-state index contributed by atoms with van der Waals surface area (Å²) in [5.74, 6) is -1.48. The summed E-state index contributed by atoms with van der Waals surface area (Å²) in [7, 11) is 1.64. The Kier molecular flexibility index (Phi) is 7.18. The number of carboxylic acid groups (broad SMARTS) is 1. The smallest absolute Gasteiger partial charge is 0.308 e. The molecule has 2 rings (SSSR count). The fraction of sp³-hybridized carbons (Fsp3) is 0.550.